The summed E-state index contributed by atoms with van der Waals surface area (Å²) >= 11 is 3.26. The van der Waals surface area contributed by atoms with Crippen molar-refractivity contribution in [2.75, 3.05) is 27.2 Å². The van der Waals surface area contributed by atoms with Gasteiger partial charge in [0, 0.05) is 36.7 Å². The first-order chi connectivity index (χ1) is 8.95. The van der Waals surface area contributed by atoms with Crippen LogP contribution in [-0.2, 0) is 11.2 Å². The summed E-state index contributed by atoms with van der Waals surface area (Å²) in [7, 11) is 3.56. The average Bonchev–Trinajstić information content (AvgIpc) is 2.37. The molecule has 0 saturated heterocycles. The number of rotatable bonds is 6. The van der Waals surface area contributed by atoms with Crippen LogP contribution in [0.15, 0.2) is 22.7 Å². The van der Waals surface area contributed by atoms with E-state index in [2.05, 4.69) is 21.2 Å². The fraction of sp³-hybridized carbons (Fsp3) is 0.417. The highest BCUT2D eigenvalue weighted by Gasteiger charge is 2.14. The number of benzene rings is 1. The molecule has 0 saturated carbocycles. The number of non-ortho nitro benzene ring substituents is 1. The van der Waals surface area contributed by atoms with E-state index >= 15 is 0 Å². The second-order valence-electron chi connectivity index (χ2n) is 4.13. The van der Waals surface area contributed by atoms with Gasteiger partial charge < -0.3 is 10.2 Å². The summed E-state index contributed by atoms with van der Waals surface area (Å²) in [6, 6.07) is 4.42. The molecule has 1 rings (SSSR count). The van der Waals surface area contributed by atoms with Crippen molar-refractivity contribution in [1.29, 1.82) is 0 Å². The van der Waals surface area contributed by atoms with Gasteiger partial charge in [0.1, 0.15) is 0 Å². The predicted octanol–water partition coefficient (Wildman–Crippen LogP) is 1.58. The summed E-state index contributed by atoms with van der Waals surface area (Å²) in [5.74, 6) is -0.0233. The highest BCUT2D eigenvalue weighted by Crippen LogP contribution is 2.23. The van der Waals surface area contributed by atoms with E-state index in [4.69, 9.17) is 0 Å². The maximum atomic E-state index is 11.9. The van der Waals surface area contributed by atoms with Gasteiger partial charge in [-0.25, -0.2) is 0 Å². The van der Waals surface area contributed by atoms with Crippen molar-refractivity contribution in [1.82, 2.24) is 10.2 Å². The molecule has 0 atom stereocenters. The lowest BCUT2D eigenvalue weighted by atomic mass is 10.1. The minimum absolute atomic E-state index is 0.00612. The van der Waals surface area contributed by atoms with Gasteiger partial charge in [-0.15, -0.1) is 0 Å². The molecule has 0 aromatic heterocycles. The fourth-order valence-electron chi connectivity index (χ4n) is 1.50. The van der Waals surface area contributed by atoms with Gasteiger partial charge >= 0.3 is 0 Å². The number of likely N-dealkylation sites (N-methyl/N-ethyl adjacent to an activating group) is 2. The lowest BCUT2D eigenvalue weighted by molar-refractivity contribution is -0.384. The van der Waals surface area contributed by atoms with Crippen LogP contribution in [0, 0.1) is 10.1 Å². The van der Waals surface area contributed by atoms with Crippen molar-refractivity contribution in [3.8, 4) is 0 Å². The maximum absolute atomic E-state index is 11.9. The number of hydrogen-bond donors (Lipinski definition) is 1. The van der Waals surface area contributed by atoms with Crippen molar-refractivity contribution in [2.45, 2.75) is 6.42 Å². The van der Waals surface area contributed by atoms with Crippen molar-refractivity contribution >= 4 is 27.5 Å². The van der Waals surface area contributed by atoms with E-state index in [1.54, 1.807) is 18.0 Å². The number of hydrogen-bond acceptors (Lipinski definition) is 4. The molecule has 0 radical (unpaired) electrons. The zero-order chi connectivity index (χ0) is 14.4. The highest BCUT2D eigenvalue weighted by atomic mass is 79.9. The molecule has 0 heterocycles. The van der Waals surface area contributed by atoms with Gasteiger partial charge in [0.25, 0.3) is 5.69 Å². The number of amides is 1. The number of nitro groups is 1. The summed E-state index contributed by atoms with van der Waals surface area (Å²) in [6.07, 6.45) is 0.221. The number of nitro benzene ring substituents is 1. The predicted molar refractivity (Wildman–Crippen MR) is 76.1 cm³/mol. The van der Waals surface area contributed by atoms with Crippen LogP contribution in [0.2, 0.25) is 0 Å². The van der Waals surface area contributed by atoms with Crippen LogP contribution in [0.5, 0.6) is 0 Å². The second kappa shape index (κ2) is 7.20. The van der Waals surface area contributed by atoms with E-state index in [0.717, 1.165) is 12.1 Å². The molecule has 0 aliphatic heterocycles. The summed E-state index contributed by atoms with van der Waals surface area (Å²) < 4.78 is 0.581. The summed E-state index contributed by atoms with van der Waals surface area (Å²) in [4.78, 5) is 23.7. The zero-order valence-corrected chi connectivity index (χ0v) is 12.4. The van der Waals surface area contributed by atoms with E-state index in [9.17, 15) is 14.9 Å². The summed E-state index contributed by atoms with van der Waals surface area (Å²) in [5, 5.41) is 13.6. The van der Waals surface area contributed by atoms with Crippen LogP contribution in [0.1, 0.15) is 5.56 Å². The fourth-order valence-corrected chi connectivity index (χ4v) is 2.00. The quantitative estimate of drug-likeness (QED) is 0.635. The first-order valence-electron chi connectivity index (χ1n) is 5.77. The molecule has 0 bridgehead atoms. The molecule has 1 aromatic rings. The maximum Gasteiger partial charge on any atom is 0.270 e. The SMILES string of the molecule is CNCCN(C)C(=O)Cc1ccc([N+](=O)[O-])cc1Br. The molecule has 0 aliphatic carbocycles. The smallest absolute Gasteiger partial charge is 0.270 e. The van der Waals surface area contributed by atoms with Crippen molar-refractivity contribution in [3.63, 3.8) is 0 Å². The van der Waals surface area contributed by atoms with Gasteiger partial charge in [-0.3, -0.25) is 14.9 Å². The molecule has 104 valence electrons. The van der Waals surface area contributed by atoms with Crippen LogP contribution in [0.3, 0.4) is 0 Å². The Kier molecular flexibility index (Phi) is 5.91. The molecule has 0 spiro atoms. The van der Waals surface area contributed by atoms with Gasteiger partial charge in [-0.05, 0) is 12.6 Å². The van der Waals surface area contributed by atoms with Crippen LogP contribution >= 0.6 is 15.9 Å². The standard InChI is InChI=1S/C12H16BrN3O3/c1-14-5-6-15(2)12(17)7-9-3-4-10(16(18)19)8-11(9)13/h3-4,8,14H,5-7H2,1-2H3. The minimum Gasteiger partial charge on any atom is -0.344 e. The van der Waals surface area contributed by atoms with E-state index in [-0.39, 0.29) is 18.0 Å². The van der Waals surface area contributed by atoms with Crippen molar-refractivity contribution in [3.05, 3.63) is 38.3 Å². The monoisotopic (exact) mass is 329 g/mol. The van der Waals surface area contributed by atoms with Gasteiger partial charge in [-0.1, -0.05) is 22.0 Å². The molecule has 0 unspecified atom stereocenters. The number of halogens is 1. The average molecular weight is 330 g/mol. The molecule has 1 N–H and O–H groups in total. The largest absolute Gasteiger partial charge is 0.344 e. The summed E-state index contributed by atoms with van der Waals surface area (Å²) in [6.45, 7) is 1.35. The Bertz CT molecular complexity index is 479. The molecule has 0 aliphatic rings. The van der Waals surface area contributed by atoms with E-state index < -0.39 is 4.92 Å². The Hall–Kier alpha value is -1.47. The highest BCUT2D eigenvalue weighted by molar-refractivity contribution is 9.10. The third-order valence-electron chi connectivity index (χ3n) is 2.71. The second-order valence-corrected chi connectivity index (χ2v) is 4.98. The third kappa shape index (κ3) is 4.60. The van der Waals surface area contributed by atoms with E-state index in [0.29, 0.717) is 11.0 Å². The molecule has 1 amide bonds. The normalized spacial score (nSPS) is 10.3. The molecular weight excluding hydrogens is 314 g/mol. The molecular formula is C12H16BrN3O3. The summed E-state index contributed by atoms with van der Waals surface area (Å²) in [5.41, 5.74) is 0.749. The third-order valence-corrected chi connectivity index (χ3v) is 3.45. The molecule has 7 heteroatoms. The molecule has 1 aromatic carbocycles. The van der Waals surface area contributed by atoms with Gasteiger partial charge in [0.05, 0.1) is 11.3 Å². The Labute approximate surface area is 120 Å². The van der Waals surface area contributed by atoms with Crippen LogP contribution in [0.4, 0.5) is 5.69 Å². The topological polar surface area (TPSA) is 75.5 Å². The van der Waals surface area contributed by atoms with Gasteiger partial charge in [0.2, 0.25) is 5.91 Å². The Morgan fingerprint density at radius 3 is 2.74 bits per heavy atom. The zero-order valence-electron chi connectivity index (χ0n) is 10.9. The molecule has 0 fully saturated rings. The minimum atomic E-state index is -0.463. The Morgan fingerprint density at radius 1 is 1.53 bits per heavy atom. The van der Waals surface area contributed by atoms with Crippen molar-refractivity contribution < 1.29 is 9.72 Å². The lowest BCUT2D eigenvalue weighted by Gasteiger charge is -2.17. The molecule has 19 heavy (non-hydrogen) atoms. The first kappa shape index (κ1) is 15.6. The number of nitrogens with zero attached hydrogens (tertiary/aromatic N) is 2. The first-order valence-corrected chi connectivity index (χ1v) is 6.56. The van der Waals surface area contributed by atoms with Gasteiger partial charge in [-0.2, -0.15) is 0 Å². The van der Waals surface area contributed by atoms with Crippen LogP contribution < -0.4 is 5.32 Å². The lowest BCUT2D eigenvalue weighted by Crippen LogP contribution is -2.33. The number of nitrogens with one attached hydrogen (secondary N) is 1. The van der Waals surface area contributed by atoms with Gasteiger partial charge in [0.15, 0.2) is 0 Å². The van der Waals surface area contributed by atoms with E-state index in [1.165, 1.54) is 12.1 Å². The number of carbonyl (C=O) groups is 1. The van der Waals surface area contributed by atoms with Crippen LogP contribution in [-0.4, -0.2) is 42.9 Å². The Morgan fingerprint density at radius 2 is 2.21 bits per heavy atom. The number of carbonyl (C=O) groups excluding carboxylic acids is 1. The van der Waals surface area contributed by atoms with E-state index in [1.807, 2.05) is 7.05 Å². The molecule has 6 nitrogen and oxygen atoms in total. The van der Waals surface area contributed by atoms with Crippen molar-refractivity contribution in [2.24, 2.45) is 0 Å². The van der Waals surface area contributed by atoms with Crippen LogP contribution in [0.25, 0.3) is 0 Å². The Balaban J connectivity index is 2.72.